The van der Waals surface area contributed by atoms with Crippen LogP contribution in [-0.4, -0.2) is 0 Å². The summed E-state index contributed by atoms with van der Waals surface area (Å²) >= 11 is 0. The topological polar surface area (TPSA) is 12.5 Å². The Bertz CT molecular complexity index is 5390. The second kappa shape index (κ2) is 18.7. The Hall–Kier alpha value is -11.6. The Morgan fingerprint density at radius 3 is 1.18 bits per heavy atom. The van der Waals surface area contributed by atoms with Crippen LogP contribution in [0.15, 0.2) is 334 Å². The maximum absolute atomic E-state index is 7.33. The number of hydrogen-bond donors (Lipinski definition) is 0. The maximum Gasteiger partial charge on any atom is 0.140 e. The van der Waals surface area contributed by atoms with Crippen molar-refractivity contribution in [1.82, 2.24) is 0 Å². The molecule has 0 bridgehead atoms. The minimum atomic E-state index is -0.661. The number of rotatable bonds is 6. The first-order valence-electron chi connectivity index (χ1n) is 31.8. The number of fused-ring (bicyclic) bond motifs is 26. The third-order valence-electron chi connectivity index (χ3n) is 21.2. The van der Waals surface area contributed by atoms with Crippen LogP contribution < -0.4 is 9.64 Å². The molecule has 0 N–H and O–H groups in total. The highest BCUT2D eigenvalue weighted by molar-refractivity contribution is 6.03. The summed E-state index contributed by atoms with van der Waals surface area (Å²) in [4.78, 5) is 2.52. The van der Waals surface area contributed by atoms with Gasteiger partial charge in [0.25, 0.3) is 0 Å². The van der Waals surface area contributed by atoms with Crippen molar-refractivity contribution in [3.05, 3.63) is 400 Å². The van der Waals surface area contributed by atoms with Gasteiger partial charge in [0.05, 0.1) is 16.2 Å². The molecule has 0 saturated heterocycles. The van der Waals surface area contributed by atoms with Crippen molar-refractivity contribution in [3.63, 3.8) is 0 Å². The fraction of sp³-hybridized carbons (Fsp3) is 0.0337. The van der Waals surface area contributed by atoms with Gasteiger partial charge in [-0.25, -0.2) is 0 Å². The van der Waals surface area contributed by atoms with Crippen LogP contribution >= 0.6 is 0 Å². The monoisotopic (exact) mass is 1150 g/mol. The number of anilines is 3. The van der Waals surface area contributed by atoms with E-state index < -0.39 is 16.2 Å². The van der Waals surface area contributed by atoms with E-state index in [4.69, 9.17) is 4.74 Å². The molecule has 0 amide bonds. The van der Waals surface area contributed by atoms with E-state index in [2.05, 4.69) is 339 Å². The molecule has 1 heterocycles. The average Bonchev–Trinajstić information content (AvgIpc) is 1.58. The quantitative estimate of drug-likeness (QED) is 0.165. The number of nitrogens with zero attached hydrogens (tertiary/aromatic N) is 1. The molecule has 0 unspecified atom stereocenters. The van der Waals surface area contributed by atoms with E-state index in [-0.39, 0.29) is 0 Å². The maximum atomic E-state index is 7.33. The van der Waals surface area contributed by atoms with Gasteiger partial charge in [-0.1, -0.05) is 297 Å². The zero-order valence-electron chi connectivity index (χ0n) is 49.6. The molecular weight excluding hydrogens is 1100 g/mol. The predicted molar refractivity (Wildman–Crippen MR) is 373 cm³/mol. The lowest BCUT2D eigenvalue weighted by atomic mass is 9.65. The van der Waals surface area contributed by atoms with Gasteiger partial charge in [0, 0.05) is 39.0 Å². The van der Waals surface area contributed by atoms with Crippen LogP contribution in [0.3, 0.4) is 0 Å². The summed E-state index contributed by atoms with van der Waals surface area (Å²) in [6, 6.07) is 125. The normalized spacial score (nSPS) is 14.5. The summed E-state index contributed by atoms with van der Waals surface area (Å²) < 4.78 is 7.33. The molecule has 2 heteroatoms. The molecule has 15 aromatic rings. The van der Waals surface area contributed by atoms with E-state index in [1.165, 1.54) is 106 Å². The number of benzene rings is 15. The Kier molecular flexibility index (Phi) is 10.4. The SMILES string of the molecule is c1ccc(C2(c3ccccc3)c3ccccc3-c3cc(N(c4ccc(-c5cccc6c5-c5ccccc5C65c6ccc7ccccc7c6Oc6c5ccc5ccccc65)cc4)c4ccc5c(c4)C4(c6ccccc6-c6ccccc64)c4ccccc4-5)ccc32)cc1. The van der Waals surface area contributed by atoms with E-state index in [0.717, 1.165) is 66.8 Å². The molecule has 0 saturated carbocycles. The minimum absolute atomic E-state index is 0.514. The molecule has 1 aliphatic heterocycles. The minimum Gasteiger partial charge on any atom is -0.455 e. The summed E-state index contributed by atoms with van der Waals surface area (Å²) in [6.07, 6.45) is 0. The van der Waals surface area contributed by atoms with Gasteiger partial charge in [0.15, 0.2) is 0 Å². The van der Waals surface area contributed by atoms with Gasteiger partial charge in [0.1, 0.15) is 11.5 Å². The lowest BCUT2D eigenvalue weighted by Crippen LogP contribution is -2.32. The van der Waals surface area contributed by atoms with Crippen molar-refractivity contribution < 1.29 is 4.74 Å². The molecule has 91 heavy (non-hydrogen) atoms. The average molecular weight is 1150 g/mol. The van der Waals surface area contributed by atoms with Crippen molar-refractivity contribution in [2.24, 2.45) is 0 Å². The fourth-order valence-electron chi connectivity index (χ4n) is 17.7. The van der Waals surface area contributed by atoms with Gasteiger partial charge in [-0.2, -0.15) is 0 Å². The molecule has 0 fully saturated rings. The second-order valence-electron chi connectivity index (χ2n) is 25.2. The summed E-state index contributed by atoms with van der Waals surface area (Å²) in [5.74, 6) is 1.84. The first-order chi connectivity index (χ1) is 45.1. The molecule has 422 valence electrons. The summed E-state index contributed by atoms with van der Waals surface area (Å²) in [7, 11) is 0. The highest BCUT2D eigenvalue weighted by Gasteiger charge is 2.54. The van der Waals surface area contributed by atoms with Crippen molar-refractivity contribution in [1.29, 1.82) is 0 Å². The molecule has 0 atom stereocenters. The van der Waals surface area contributed by atoms with Gasteiger partial charge >= 0.3 is 0 Å². The van der Waals surface area contributed by atoms with Crippen molar-refractivity contribution in [3.8, 4) is 67.1 Å². The zero-order valence-corrected chi connectivity index (χ0v) is 49.6. The molecule has 2 nitrogen and oxygen atoms in total. The Morgan fingerprint density at radius 2 is 0.604 bits per heavy atom. The van der Waals surface area contributed by atoms with Gasteiger partial charge in [-0.15, -0.1) is 0 Å². The van der Waals surface area contributed by atoms with E-state index in [1.54, 1.807) is 0 Å². The summed E-state index contributed by atoms with van der Waals surface area (Å²) in [5.41, 5.74) is 29.2. The molecular formula is C89H55NO. The van der Waals surface area contributed by atoms with Gasteiger partial charge < -0.3 is 9.64 Å². The van der Waals surface area contributed by atoms with E-state index in [1.807, 2.05) is 0 Å². The third kappa shape index (κ3) is 6.50. The largest absolute Gasteiger partial charge is 0.455 e. The lowest BCUT2D eigenvalue weighted by molar-refractivity contribution is 0.447. The van der Waals surface area contributed by atoms with Gasteiger partial charge in [0.2, 0.25) is 0 Å². The molecule has 2 spiro atoms. The second-order valence-corrected chi connectivity index (χ2v) is 25.2. The molecule has 20 rings (SSSR count). The predicted octanol–water partition coefficient (Wildman–Crippen LogP) is 22.3. The number of hydrogen-bond acceptors (Lipinski definition) is 2. The highest BCUT2D eigenvalue weighted by Crippen LogP contribution is 2.67. The van der Waals surface area contributed by atoms with Gasteiger partial charge in [-0.05, 0) is 158 Å². The molecule has 0 radical (unpaired) electrons. The molecule has 0 aromatic heterocycles. The number of ether oxygens (including phenoxy) is 1. The lowest BCUT2D eigenvalue weighted by Gasteiger charge is -2.40. The Morgan fingerprint density at radius 1 is 0.220 bits per heavy atom. The van der Waals surface area contributed by atoms with Crippen LogP contribution in [-0.2, 0) is 16.2 Å². The Labute approximate surface area is 528 Å². The first-order valence-corrected chi connectivity index (χ1v) is 31.8. The van der Waals surface area contributed by atoms with E-state index in [9.17, 15) is 0 Å². The summed E-state index contributed by atoms with van der Waals surface area (Å²) in [5, 5.41) is 4.54. The molecule has 5 aliphatic rings. The van der Waals surface area contributed by atoms with Gasteiger partial charge in [-0.3, -0.25) is 0 Å². The van der Waals surface area contributed by atoms with E-state index >= 15 is 0 Å². The van der Waals surface area contributed by atoms with Crippen LogP contribution in [0, 0.1) is 0 Å². The molecule has 15 aromatic carbocycles. The van der Waals surface area contributed by atoms with E-state index in [0.29, 0.717) is 0 Å². The van der Waals surface area contributed by atoms with Crippen molar-refractivity contribution in [2.75, 3.05) is 4.90 Å². The van der Waals surface area contributed by atoms with Crippen LogP contribution in [0.25, 0.3) is 77.2 Å². The fourth-order valence-corrected chi connectivity index (χ4v) is 17.7. The first kappa shape index (κ1) is 50.4. The standard InChI is InChI=1S/C89H55NO/c1-3-24-59(25-4-1)87(60-26-5-2-6-27-60)74-36-16-14-33-70(74)73-54-62(49-53-79(73)87)90(63-48-50-71-69-32-13-19-39-77(69)88(83(71)55-63)75-37-17-11-30-67(75)68-31-12-18-38-76(68)88)61-46-42-58(43-47-61)64-35-21-41-80-84(64)72-34-15-20-40-78(72)89(80)81-51-44-56-22-7-9-28-65(56)85(81)91-86-66-29-10-8-23-57(66)45-52-82(86)89/h1-55H. The summed E-state index contributed by atoms with van der Waals surface area (Å²) in [6.45, 7) is 0. The third-order valence-corrected chi connectivity index (χ3v) is 21.2. The zero-order chi connectivity index (χ0) is 59.6. The van der Waals surface area contributed by atoms with Crippen molar-refractivity contribution in [2.45, 2.75) is 16.2 Å². The smallest absolute Gasteiger partial charge is 0.140 e. The van der Waals surface area contributed by atoms with Crippen LogP contribution in [0.5, 0.6) is 11.5 Å². The van der Waals surface area contributed by atoms with Crippen LogP contribution in [0.2, 0.25) is 0 Å². The Balaban J connectivity index is 0.807. The van der Waals surface area contributed by atoms with Crippen LogP contribution in [0.1, 0.15) is 66.8 Å². The molecule has 4 aliphatic carbocycles. The van der Waals surface area contributed by atoms with Crippen LogP contribution in [0.4, 0.5) is 17.1 Å². The highest BCUT2D eigenvalue weighted by atomic mass is 16.5. The van der Waals surface area contributed by atoms with Crippen molar-refractivity contribution >= 4 is 38.6 Å².